The third-order valence-corrected chi connectivity index (χ3v) is 2.66. The van der Waals surface area contributed by atoms with Gasteiger partial charge in [-0.25, -0.2) is 0 Å². The average molecular weight is 225 g/mol. The molecule has 0 aliphatic carbocycles. The van der Waals surface area contributed by atoms with Crippen molar-refractivity contribution < 1.29 is 5.11 Å². The summed E-state index contributed by atoms with van der Waals surface area (Å²) in [5.41, 5.74) is 1.91. The molecule has 0 bridgehead atoms. The lowest BCUT2D eigenvalue weighted by Crippen LogP contribution is -1.90. The fourth-order valence-electron chi connectivity index (χ4n) is 1.61. The maximum absolute atomic E-state index is 9.60. The van der Waals surface area contributed by atoms with Crippen LogP contribution in [0, 0.1) is 0 Å². The monoisotopic (exact) mass is 225 g/mol. The van der Waals surface area contributed by atoms with Crippen LogP contribution in [0.25, 0.3) is 0 Å². The molecular weight excluding hydrogens is 210 g/mol. The lowest BCUT2D eigenvalue weighted by atomic mass is 10.1. The van der Waals surface area contributed by atoms with Crippen molar-refractivity contribution in [2.45, 2.75) is 13.0 Å². The molecule has 2 aromatic carbocycles. The Morgan fingerprint density at radius 2 is 1.65 bits per heavy atom. The van der Waals surface area contributed by atoms with Crippen molar-refractivity contribution in [3.8, 4) is 5.75 Å². The summed E-state index contributed by atoms with van der Waals surface area (Å²) in [4.78, 5) is 4.44. The highest BCUT2D eigenvalue weighted by molar-refractivity contribution is 5.83. The van der Waals surface area contributed by atoms with Crippen LogP contribution in [0.3, 0.4) is 0 Å². The van der Waals surface area contributed by atoms with Gasteiger partial charge in [0.05, 0.1) is 6.04 Å². The second-order valence-electron chi connectivity index (χ2n) is 3.92. The van der Waals surface area contributed by atoms with Gasteiger partial charge in [0.2, 0.25) is 0 Å². The third kappa shape index (κ3) is 2.94. The molecule has 17 heavy (non-hydrogen) atoms. The Balaban J connectivity index is 2.14. The quantitative estimate of drug-likeness (QED) is 0.796. The average Bonchev–Trinajstić information content (AvgIpc) is 2.38. The van der Waals surface area contributed by atoms with Crippen molar-refractivity contribution in [3.05, 3.63) is 65.7 Å². The molecule has 0 saturated heterocycles. The predicted molar refractivity (Wildman–Crippen MR) is 70.6 cm³/mol. The number of phenolic OH excluding ortho intramolecular Hbond substituents is 1. The molecule has 0 amide bonds. The molecule has 0 aliphatic rings. The van der Waals surface area contributed by atoms with Crippen LogP contribution in [0.4, 0.5) is 0 Å². The van der Waals surface area contributed by atoms with Gasteiger partial charge in [-0.15, -0.1) is 0 Å². The minimum Gasteiger partial charge on any atom is -0.507 e. The first kappa shape index (κ1) is 11.4. The molecule has 0 unspecified atom stereocenters. The summed E-state index contributed by atoms with van der Waals surface area (Å²) in [5.74, 6) is 0.261. The number of aliphatic imine (C=N–C) groups is 1. The zero-order chi connectivity index (χ0) is 12.1. The minimum absolute atomic E-state index is 0.0933. The standard InChI is InChI=1S/C15H15NO/c1-12(13-7-3-2-4-8-13)16-11-14-9-5-6-10-15(14)17/h2-12,17H,1H3/t12-/m1/s1. The zero-order valence-electron chi connectivity index (χ0n) is 9.75. The van der Waals surface area contributed by atoms with Gasteiger partial charge >= 0.3 is 0 Å². The van der Waals surface area contributed by atoms with E-state index >= 15 is 0 Å². The van der Waals surface area contributed by atoms with Crippen LogP contribution in [0.5, 0.6) is 5.75 Å². The molecular formula is C15H15NO. The van der Waals surface area contributed by atoms with Gasteiger partial charge < -0.3 is 5.11 Å². The molecule has 2 aromatic rings. The van der Waals surface area contributed by atoms with E-state index in [0.717, 1.165) is 5.56 Å². The first-order chi connectivity index (χ1) is 8.27. The number of hydrogen-bond donors (Lipinski definition) is 1. The highest BCUT2D eigenvalue weighted by atomic mass is 16.3. The van der Waals surface area contributed by atoms with Crippen LogP contribution >= 0.6 is 0 Å². The smallest absolute Gasteiger partial charge is 0.124 e. The highest BCUT2D eigenvalue weighted by Gasteiger charge is 2.01. The summed E-state index contributed by atoms with van der Waals surface area (Å²) >= 11 is 0. The van der Waals surface area contributed by atoms with E-state index in [4.69, 9.17) is 0 Å². The Labute approximate surface area is 101 Å². The van der Waals surface area contributed by atoms with Gasteiger partial charge in [0.25, 0.3) is 0 Å². The summed E-state index contributed by atoms with van der Waals surface area (Å²) in [5, 5.41) is 9.60. The van der Waals surface area contributed by atoms with Crippen molar-refractivity contribution >= 4 is 6.21 Å². The molecule has 0 radical (unpaired) electrons. The molecule has 2 nitrogen and oxygen atoms in total. The molecule has 2 rings (SSSR count). The van der Waals surface area contributed by atoms with Gasteiger partial charge in [-0.1, -0.05) is 42.5 Å². The summed E-state index contributed by atoms with van der Waals surface area (Å²) in [6.45, 7) is 2.03. The second kappa shape index (κ2) is 5.30. The van der Waals surface area contributed by atoms with Gasteiger partial charge in [-0.05, 0) is 24.6 Å². The van der Waals surface area contributed by atoms with E-state index in [0.29, 0.717) is 0 Å². The molecule has 0 spiro atoms. The fraction of sp³-hybridized carbons (Fsp3) is 0.133. The molecule has 1 atom stereocenters. The molecule has 0 aromatic heterocycles. The van der Waals surface area contributed by atoms with Gasteiger partial charge in [0.15, 0.2) is 0 Å². The van der Waals surface area contributed by atoms with Crippen LogP contribution in [0.1, 0.15) is 24.1 Å². The van der Waals surface area contributed by atoms with E-state index in [1.165, 1.54) is 5.56 Å². The number of benzene rings is 2. The first-order valence-electron chi connectivity index (χ1n) is 5.63. The summed E-state index contributed by atoms with van der Waals surface area (Å²) in [6.07, 6.45) is 1.72. The van der Waals surface area contributed by atoms with E-state index in [1.54, 1.807) is 18.3 Å². The van der Waals surface area contributed by atoms with Crippen molar-refractivity contribution in [3.63, 3.8) is 0 Å². The largest absolute Gasteiger partial charge is 0.507 e. The summed E-state index contributed by atoms with van der Waals surface area (Å²) in [6, 6.07) is 17.4. The number of aromatic hydroxyl groups is 1. The molecule has 86 valence electrons. The SMILES string of the molecule is C[C@@H](N=Cc1ccccc1O)c1ccccc1. The molecule has 0 heterocycles. The maximum atomic E-state index is 9.60. The van der Waals surface area contributed by atoms with Gasteiger partial charge in [-0.3, -0.25) is 4.99 Å². The molecule has 0 fully saturated rings. The summed E-state index contributed by atoms with van der Waals surface area (Å²) < 4.78 is 0. The number of para-hydroxylation sites is 1. The molecule has 1 N–H and O–H groups in total. The Kier molecular flexibility index (Phi) is 3.55. The number of phenols is 1. The third-order valence-electron chi connectivity index (χ3n) is 2.66. The van der Waals surface area contributed by atoms with E-state index < -0.39 is 0 Å². The Hall–Kier alpha value is -2.09. The lowest BCUT2D eigenvalue weighted by Gasteiger charge is -2.06. The maximum Gasteiger partial charge on any atom is 0.124 e. The van der Waals surface area contributed by atoms with Gasteiger partial charge in [0.1, 0.15) is 5.75 Å². The van der Waals surface area contributed by atoms with E-state index in [9.17, 15) is 5.11 Å². The molecule has 0 saturated carbocycles. The number of rotatable bonds is 3. The van der Waals surface area contributed by atoms with Crippen LogP contribution in [-0.4, -0.2) is 11.3 Å². The highest BCUT2D eigenvalue weighted by Crippen LogP contribution is 2.18. The van der Waals surface area contributed by atoms with Crippen LogP contribution in [0.2, 0.25) is 0 Å². The van der Waals surface area contributed by atoms with Crippen LogP contribution < -0.4 is 0 Å². The van der Waals surface area contributed by atoms with Crippen molar-refractivity contribution in [2.24, 2.45) is 4.99 Å². The first-order valence-corrected chi connectivity index (χ1v) is 5.63. The fourth-order valence-corrected chi connectivity index (χ4v) is 1.61. The number of hydrogen-bond acceptors (Lipinski definition) is 2. The summed E-state index contributed by atoms with van der Waals surface area (Å²) in [7, 11) is 0. The van der Waals surface area contributed by atoms with Crippen molar-refractivity contribution in [1.82, 2.24) is 0 Å². The van der Waals surface area contributed by atoms with Crippen LogP contribution in [0.15, 0.2) is 59.6 Å². The molecule has 0 aliphatic heterocycles. The Morgan fingerprint density at radius 3 is 2.35 bits per heavy atom. The normalized spacial score (nSPS) is 12.8. The minimum atomic E-state index is 0.0933. The van der Waals surface area contributed by atoms with E-state index in [1.807, 2.05) is 49.4 Å². The topological polar surface area (TPSA) is 32.6 Å². The van der Waals surface area contributed by atoms with Gasteiger partial charge in [0, 0.05) is 11.8 Å². The van der Waals surface area contributed by atoms with Crippen LogP contribution in [-0.2, 0) is 0 Å². The van der Waals surface area contributed by atoms with E-state index in [2.05, 4.69) is 4.99 Å². The Bertz CT molecular complexity index is 505. The molecule has 2 heteroatoms. The lowest BCUT2D eigenvalue weighted by molar-refractivity contribution is 0.474. The second-order valence-corrected chi connectivity index (χ2v) is 3.92. The van der Waals surface area contributed by atoms with E-state index in [-0.39, 0.29) is 11.8 Å². The predicted octanol–water partition coefficient (Wildman–Crippen LogP) is 3.57. The zero-order valence-corrected chi connectivity index (χ0v) is 9.75. The van der Waals surface area contributed by atoms with Crippen molar-refractivity contribution in [1.29, 1.82) is 0 Å². The van der Waals surface area contributed by atoms with Gasteiger partial charge in [-0.2, -0.15) is 0 Å². The Morgan fingerprint density at radius 1 is 1.00 bits per heavy atom. The number of nitrogens with zero attached hydrogens (tertiary/aromatic N) is 1. The van der Waals surface area contributed by atoms with Crippen molar-refractivity contribution in [2.75, 3.05) is 0 Å².